The maximum atomic E-state index is 4.62. The Labute approximate surface area is 122 Å². The van der Waals surface area contributed by atoms with Gasteiger partial charge in [0.1, 0.15) is 5.82 Å². The van der Waals surface area contributed by atoms with Gasteiger partial charge in [-0.1, -0.05) is 26.7 Å². The molecule has 4 nitrogen and oxygen atoms in total. The van der Waals surface area contributed by atoms with Crippen molar-refractivity contribution in [2.24, 2.45) is 5.92 Å². The normalized spacial score (nSPS) is 23.1. The highest BCUT2D eigenvalue weighted by atomic mass is 15.1. The third-order valence-electron chi connectivity index (χ3n) is 4.10. The summed E-state index contributed by atoms with van der Waals surface area (Å²) < 4.78 is 0. The first kappa shape index (κ1) is 15.1. The molecule has 2 atom stereocenters. The summed E-state index contributed by atoms with van der Waals surface area (Å²) in [4.78, 5) is 8.96. The van der Waals surface area contributed by atoms with Gasteiger partial charge in [0.25, 0.3) is 0 Å². The van der Waals surface area contributed by atoms with Crippen molar-refractivity contribution in [2.45, 2.75) is 65.3 Å². The van der Waals surface area contributed by atoms with Crippen molar-refractivity contribution in [1.29, 1.82) is 0 Å². The Balaban J connectivity index is 2.00. The van der Waals surface area contributed by atoms with Crippen LogP contribution in [0.15, 0.2) is 6.20 Å². The second-order valence-electron chi connectivity index (χ2n) is 6.11. The van der Waals surface area contributed by atoms with Crippen molar-refractivity contribution in [3.63, 3.8) is 0 Å². The molecule has 0 radical (unpaired) electrons. The van der Waals surface area contributed by atoms with Crippen molar-refractivity contribution in [3.8, 4) is 0 Å². The molecule has 20 heavy (non-hydrogen) atoms. The second kappa shape index (κ2) is 7.46. The van der Waals surface area contributed by atoms with Crippen LogP contribution in [0.1, 0.15) is 57.9 Å². The molecule has 0 amide bonds. The lowest BCUT2D eigenvalue weighted by molar-refractivity contribution is 0.502. The predicted molar refractivity (Wildman–Crippen MR) is 85.2 cm³/mol. The van der Waals surface area contributed by atoms with Crippen LogP contribution in [0.5, 0.6) is 0 Å². The van der Waals surface area contributed by atoms with E-state index in [9.17, 15) is 0 Å². The van der Waals surface area contributed by atoms with Crippen LogP contribution in [0.2, 0.25) is 0 Å². The monoisotopic (exact) mass is 276 g/mol. The molecule has 1 aliphatic rings. The van der Waals surface area contributed by atoms with E-state index in [0.717, 1.165) is 36.2 Å². The number of hydrogen-bond donors (Lipinski definition) is 2. The average Bonchev–Trinajstić information content (AvgIpc) is 2.64. The fraction of sp³-hybridized carbons (Fsp3) is 0.750. The average molecular weight is 276 g/mol. The van der Waals surface area contributed by atoms with Crippen molar-refractivity contribution >= 4 is 11.8 Å². The Morgan fingerprint density at radius 2 is 2.10 bits per heavy atom. The molecule has 0 saturated heterocycles. The summed E-state index contributed by atoms with van der Waals surface area (Å²) in [6.45, 7) is 7.51. The molecule has 0 aliphatic heterocycles. The molecule has 0 aromatic carbocycles. The molecule has 4 heteroatoms. The summed E-state index contributed by atoms with van der Waals surface area (Å²) in [6.07, 6.45) is 9.51. The molecule has 1 aromatic rings. The number of anilines is 2. The van der Waals surface area contributed by atoms with Gasteiger partial charge in [-0.3, -0.25) is 0 Å². The minimum atomic E-state index is 0.563. The van der Waals surface area contributed by atoms with E-state index in [2.05, 4.69) is 41.4 Å². The van der Waals surface area contributed by atoms with Crippen LogP contribution in [0.3, 0.4) is 0 Å². The van der Waals surface area contributed by atoms with E-state index in [1.165, 1.54) is 32.1 Å². The Morgan fingerprint density at radius 1 is 1.25 bits per heavy atom. The molecule has 1 heterocycles. The Kier molecular flexibility index (Phi) is 5.62. The molecule has 1 aromatic heterocycles. The van der Waals surface area contributed by atoms with Crippen LogP contribution in [0, 0.1) is 12.8 Å². The van der Waals surface area contributed by atoms with Gasteiger partial charge in [0.2, 0.25) is 5.95 Å². The van der Waals surface area contributed by atoms with Crippen LogP contribution in [0.25, 0.3) is 0 Å². The van der Waals surface area contributed by atoms with Crippen LogP contribution < -0.4 is 10.6 Å². The first-order valence-corrected chi connectivity index (χ1v) is 8.03. The van der Waals surface area contributed by atoms with Crippen LogP contribution in [-0.2, 0) is 0 Å². The minimum Gasteiger partial charge on any atom is -0.367 e. The standard InChI is InChI=1S/C16H28N4/c1-4-10-17-16-18-11-13(3)15(20-16)19-14-7-5-6-12(2)8-9-14/h11-12,14H,4-10H2,1-3H3,(H2,17,18,19,20). The summed E-state index contributed by atoms with van der Waals surface area (Å²) in [7, 11) is 0. The van der Waals surface area contributed by atoms with Crippen LogP contribution in [-0.4, -0.2) is 22.6 Å². The third-order valence-corrected chi connectivity index (χ3v) is 4.10. The smallest absolute Gasteiger partial charge is 0.224 e. The molecular weight excluding hydrogens is 248 g/mol. The number of aromatic nitrogens is 2. The highest BCUT2D eigenvalue weighted by Crippen LogP contribution is 2.25. The molecule has 0 bridgehead atoms. The maximum absolute atomic E-state index is 4.62. The van der Waals surface area contributed by atoms with E-state index in [4.69, 9.17) is 0 Å². The molecule has 1 aliphatic carbocycles. The number of hydrogen-bond acceptors (Lipinski definition) is 4. The first-order chi connectivity index (χ1) is 9.69. The second-order valence-corrected chi connectivity index (χ2v) is 6.11. The molecule has 1 fully saturated rings. The summed E-state index contributed by atoms with van der Waals surface area (Å²) >= 11 is 0. The Morgan fingerprint density at radius 3 is 2.90 bits per heavy atom. The van der Waals surface area contributed by atoms with E-state index in [1.54, 1.807) is 0 Å². The van der Waals surface area contributed by atoms with Crippen LogP contribution >= 0.6 is 0 Å². The van der Waals surface area contributed by atoms with Gasteiger partial charge in [0.15, 0.2) is 0 Å². The number of nitrogens with zero attached hydrogens (tertiary/aromatic N) is 2. The zero-order valence-corrected chi connectivity index (χ0v) is 13.1. The molecular formula is C16H28N4. The Bertz CT molecular complexity index is 419. The van der Waals surface area contributed by atoms with Crippen molar-refractivity contribution in [3.05, 3.63) is 11.8 Å². The lowest BCUT2D eigenvalue weighted by Gasteiger charge is -2.19. The summed E-state index contributed by atoms with van der Waals surface area (Å²) in [6, 6.07) is 0.563. The molecule has 112 valence electrons. The summed E-state index contributed by atoms with van der Waals surface area (Å²) in [5, 5.41) is 6.89. The number of nitrogens with one attached hydrogen (secondary N) is 2. The SMILES string of the molecule is CCCNc1ncc(C)c(NC2CCCC(C)CC2)n1. The van der Waals surface area contributed by atoms with Gasteiger partial charge in [-0.15, -0.1) is 0 Å². The number of rotatable bonds is 5. The van der Waals surface area contributed by atoms with E-state index in [0.29, 0.717) is 6.04 Å². The topological polar surface area (TPSA) is 49.8 Å². The lowest BCUT2D eigenvalue weighted by atomic mass is 10.0. The van der Waals surface area contributed by atoms with E-state index in [1.807, 2.05) is 6.20 Å². The summed E-state index contributed by atoms with van der Waals surface area (Å²) in [5.74, 6) is 2.61. The Hall–Kier alpha value is -1.32. The summed E-state index contributed by atoms with van der Waals surface area (Å²) in [5.41, 5.74) is 1.13. The van der Waals surface area contributed by atoms with Gasteiger partial charge in [0, 0.05) is 24.3 Å². The van der Waals surface area contributed by atoms with Crippen molar-refractivity contribution in [1.82, 2.24) is 9.97 Å². The largest absolute Gasteiger partial charge is 0.367 e. The molecule has 2 rings (SSSR count). The molecule has 2 N–H and O–H groups in total. The van der Waals surface area contributed by atoms with Gasteiger partial charge in [-0.05, 0) is 38.5 Å². The fourth-order valence-corrected chi connectivity index (χ4v) is 2.73. The zero-order valence-electron chi connectivity index (χ0n) is 13.1. The van der Waals surface area contributed by atoms with Gasteiger partial charge in [-0.25, -0.2) is 4.98 Å². The van der Waals surface area contributed by atoms with Gasteiger partial charge in [0.05, 0.1) is 0 Å². The van der Waals surface area contributed by atoms with Gasteiger partial charge in [-0.2, -0.15) is 4.98 Å². The van der Waals surface area contributed by atoms with Crippen molar-refractivity contribution in [2.75, 3.05) is 17.2 Å². The molecule has 2 unspecified atom stereocenters. The fourth-order valence-electron chi connectivity index (χ4n) is 2.73. The predicted octanol–water partition coefficient (Wildman–Crippen LogP) is 3.99. The van der Waals surface area contributed by atoms with E-state index >= 15 is 0 Å². The van der Waals surface area contributed by atoms with Gasteiger partial charge >= 0.3 is 0 Å². The maximum Gasteiger partial charge on any atom is 0.224 e. The van der Waals surface area contributed by atoms with Crippen LogP contribution in [0.4, 0.5) is 11.8 Å². The van der Waals surface area contributed by atoms with E-state index in [-0.39, 0.29) is 0 Å². The lowest BCUT2D eigenvalue weighted by Crippen LogP contribution is -2.20. The number of aryl methyl sites for hydroxylation is 1. The first-order valence-electron chi connectivity index (χ1n) is 8.03. The van der Waals surface area contributed by atoms with Gasteiger partial charge < -0.3 is 10.6 Å². The molecule has 0 spiro atoms. The van der Waals surface area contributed by atoms with E-state index < -0.39 is 0 Å². The highest BCUT2D eigenvalue weighted by molar-refractivity contribution is 5.47. The van der Waals surface area contributed by atoms with Crippen molar-refractivity contribution < 1.29 is 0 Å². The third kappa shape index (κ3) is 4.36. The molecule has 1 saturated carbocycles. The minimum absolute atomic E-state index is 0.563. The quantitative estimate of drug-likeness (QED) is 0.798. The highest BCUT2D eigenvalue weighted by Gasteiger charge is 2.17. The zero-order chi connectivity index (χ0) is 14.4.